The van der Waals surface area contributed by atoms with Crippen LogP contribution in [0.25, 0.3) is 0 Å². The van der Waals surface area contributed by atoms with E-state index < -0.39 is 27.7 Å². The lowest BCUT2D eigenvalue weighted by Crippen LogP contribution is -2.28. The number of hydrogen-bond donors (Lipinski definition) is 1. The predicted octanol–water partition coefficient (Wildman–Crippen LogP) is 4.51. The number of aromatic nitrogens is 1. The van der Waals surface area contributed by atoms with Crippen LogP contribution in [0.15, 0.2) is 71.8 Å². The molecule has 0 saturated carbocycles. The lowest BCUT2D eigenvalue weighted by atomic mass is 10.2. The van der Waals surface area contributed by atoms with Gasteiger partial charge in [-0.3, -0.25) is 14.1 Å². The van der Waals surface area contributed by atoms with Crippen molar-refractivity contribution in [2.24, 2.45) is 0 Å². The van der Waals surface area contributed by atoms with E-state index in [1.807, 2.05) is 0 Å². The second kappa shape index (κ2) is 9.17. The Balaban J connectivity index is 1.88. The van der Waals surface area contributed by atoms with Crippen molar-refractivity contribution in [1.29, 1.82) is 0 Å². The van der Waals surface area contributed by atoms with Crippen LogP contribution in [0.5, 0.6) is 0 Å². The van der Waals surface area contributed by atoms with Gasteiger partial charge in [-0.1, -0.05) is 23.7 Å². The summed E-state index contributed by atoms with van der Waals surface area (Å²) in [5.41, 5.74) is -0.676. The molecule has 0 radical (unpaired) electrons. The summed E-state index contributed by atoms with van der Waals surface area (Å²) in [5.74, 6) is -0.626. The number of nitrogens with one attached hydrogen (secondary N) is 1. The number of anilines is 1. The molecule has 6 nitrogen and oxygen atoms in total. The molecule has 0 bridgehead atoms. The number of hydrogen-bond acceptors (Lipinski definition) is 4. The molecule has 1 amide bonds. The molecule has 0 aliphatic carbocycles. The van der Waals surface area contributed by atoms with Crippen LogP contribution >= 0.6 is 11.6 Å². The van der Waals surface area contributed by atoms with E-state index in [1.54, 1.807) is 24.4 Å². The molecule has 32 heavy (non-hydrogen) atoms. The van der Waals surface area contributed by atoms with Gasteiger partial charge in [-0.15, -0.1) is 0 Å². The van der Waals surface area contributed by atoms with Crippen molar-refractivity contribution < 1.29 is 26.4 Å². The van der Waals surface area contributed by atoms with Gasteiger partial charge < -0.3 is 5.32 Å². The van der Waals surface area contributed by atoms with E-state index in [9.17, 15) is 26.4 Å². The van der Waals surface area contributed by atoms with Gasteiger partial charge in [-0.05, 0) is 48.5 Å². The second-order valence-corrected chi connectivity index (χ2v) is 9.04. The first-order valence-corrected chi connectivity index (χ1v) is 11.0. The number of benzene rings is 2. The third-order valence-electron chi connectivity index (χ3n) is 4.53. The molecule has 2 aromatic carbocycles. The van der Waals surface area contributed by atoms with Gasteiger partial charge in [0.05, 0.1) is 39.0 Å². The van der Waals surface area contributed by atoms with E-state index in [2.05, 4.69) is 10.3 Å². The fraction of sp³-hybridized carbons (Fsp3) is 0.143. The SMILES string of the molecule is CN(c1cccc(C(F)(F)F)c1)S(=O)(=O)c1ccc(Cl)c(C(=O)NCc2ccccn2)c1. The number of rotatable bonds is 6. The molecule has 3 aromatic rings. The second-order valence-electron chi connectivity index (χ2n) is 6.67. The summed E-state index contributed by atoms with van der Waals surface area (Å²) in [7, 11) is -3.15. The lowest BCUT2D eigenvalue weighted by Gasteiger charge is -2.21. The van der Waals surface area contributed by atoms with Crippen molar-refractivity contribution in [3.8, 4) is 0 Å². The zero-order valence-electron chi connectivity index (χ0n) is 16.6. The monoisotopic (exact) mass is 483 g/mol. The highest BCUT2D eigenvalue weighted by Crippen LogP contribution is 2.33. The Morgan fingerprint density at radius 1 is 1.09 bits per heavy atom. The van der Waals surface area contributed by atoms with Gasteiger partial charge in [0.25, 0.3) is 15.9 Å². The molecule has 0 spiro atoms. The summed E-state index contributed by atoms with van der Waals surface area (Å²) in [4.78, 5) is 16.3. The zero-order valence-corrected chi connectivity index (χ0v) is 18.2. The summed E-state index contributed by atoms with van der Waals surface area (Å²) in [6.45, 7) is 0.0944. The molecule has 1 aromatic heterocycles. The van der Waals surface area contributed by atoms with E-state index in [4.69, 9.17) is 11.6 Å². The number of carbonyl (C=O) groups excluding carboxylic acids is 1. The summed E-state index contributed by atoms with van der Waals surface area (Å²) in [5, 5.41) is 2.62. The maximum atomic E-state index is 13.0. The molecule has 0 fully saturated rings. The zero-order chi connectivity index (χ0) is 23.5. The van der Waals surface area contributed by atoms with Crippen molar-refractivity contribution in [2.45, 2.75) is 17.6 Å². The standard InChI is InChI=1S/C21H17ClF3N3O3S/c1-28(16-7-4-5-14(11-16)21(23,24)25)32(30,31)17-8-9-19(22)18(12-17)20(29)27-13-15-6-2-3-10-26-15/h2-12H,13H2,1H3,(H,27,29). The number of carbonyl (C=O) groups is 1. The van der Waals surface area contributed by atoms with Crippen LogP contribution in [0.1, 0.15) is 21.6 Å². The van der Waals surface area contributed by atoms with E-state index in [0.717, 1.165) is 31.3 Å². The summed E-state index contributed by atoms with van der Waals surface area (Å²) in [6.07, 6.45) is -3.06. The summed E-state index contributed by atoms with van der Waals surface area (Å²) < 4.78 is 65.7. The highest BCUT2D eigenvalue weighted by Gasteiger charge is 2.32. The largest absolute Gasteiger partial charge is 0.416 e. The molecule has 0 saturated heterocycles. The third kappa shape index (κ3) is 5.20. The van der Waals surface area contributed by atoms with E-state index in [0.29, 0.717) is 10.00 Å². The van der Waals surface area contributed by atoms with E-state index >= 15 is 0 Å². The average molecular weight is 484 g/mol. The number of nitrogens with zero attached hydrogens (tertiary/aromatic N) is 2. The molecule has 168 valence electrons. The van der Waals surface area contributed by atoms with Gasteiger partial charge in [0.2, 0.25) is 0 Å². The molecule has 0 aliphatic rings. The molecule has 0 aliphatic heterocycles. The van der Waals surface area contributed by atoms with Gasteiger partial charge >= 0.3 is 6.18 Å². The molecular formula is C21H17ClF3N3O3S. The van der Waals surface area contributed by atoms with Crippen LogP contribution in [-0.2, 0) is 22.7 Å². The van der Waals surface area contributed by atoms with Crippen LogP contribution in [-0.4, -0.2) is 26.4 Å². The number of alkyl halides is 3. The average Bonchev–Trinajstić information content (AvgIpc) is 2.77. The highest BCUT2D eigenvalue weighted by molar-refractivity contribution is 7.92. The third-order valence-corrected chi connectivity index (χ3v) is 6.65. The fourth-order valence-electron chi connectivity index (χ4n) is 2.78. The summed E-state index contributed by atoms with van der Waals surface area (Å²) >= 11 is 6.08. The maximum Gasteiger partial charge on any atom is 0.416 e. The van der Waals surface area contributed by atoms with Crippen LogP contribution in [0.4, 0.5) is 18.9 Å². The minimum Gasteiger partial charge on any atom is -0.346 e. The molecule has 0 unspecified atom stereocenters. The smallest absolute Gasteiger partial charge is 0.346 e. The number of amides is 1. The van der Waals surface area contributed by atoms with Crippen LogP contribution in [0.3, 0.4) is 0 Å². The van der Waals surface area contributed by atoms with Crippen molar-refractivity contribution in [3.05, 3.63) is 88.7 Å². The Morgan fingerprint density at radius 2 is 1.84 bits per heavy atom. The lowest BCUT2D eigenvalue weighted by molar-refractivity contribution is -0.137. The quantitative estimate of drug-likeness (QED) is 0.559. The molecule has 3 rings (SSSR count). The van der Waals surface area contributed by atoms with Crippen molar-refractivity contribution in [2.75, 3.05) is 11.4 Å². The maximum absolute atomic E-state index is 13.0. The molecule has 1 heterocycles. The number of pyridine rings is 1. The Labute approximate surface area is 187 Å². The first kappa shape index (κ1) is 23.6. The normalized spacial score (nSPS) is 11.8. The topological polar surface area (TPSA) is 79.4 Å². The van der Waals surface area contributed by atoms with E-state index in [-0.39, 0.29) is 27.7 Å². The van der Waals surface area contributed by atoms with Crippen LogP contribution < -0.4 is 9.62 Å². The Bertz CT molecular complexity index is 1240. The number of sulfonamides is 1. The minimum atomic E-state index is -4.63. The highest BCUT2D eigenvalue weighted by atomic mass is 35.5. The first-order valence-electron chi connectivity index (χ1n) is 9.14. The van der Waals surface area contributed by atoms with Crippen molar-refractivity contribution in [1.82, 2.24) is 10.3 Å². The molecular weight excluding hydrogens is 467 g/mol. The van der Waals surface area contributed by atoms with Crippen molar-refractivity contribution >= 4 is 33.2 Å². The first-order chi connectivity index (χ1) is 15.0. The Morgan fingerprint density at radius 3 is 2.50 bits per heavy atom. The molecule has 11 heteroatoms. The van der Waals surface area contributed by atoms with Gasteiger partial charge in [-0.25, -0.2) is 8.42 Å². The van der Waals surface area contributed by atoms with Gasteiger partial charge in [0.1, 0.15) is 0 Å². The molecule has 1 N–H and O–H groups in total. The molecule has 0 atom stereocenters. The van der Waals surface area contributed by atoms with Gasteiger partial charge in [0, 0.05) is 13.2 Å². The van der Waals surface area contributed by atoms with Gasteiger partial charge in [-0.2, -0.15) is 13.2 Å². The Kier molecular flexibility index (Phi) is 6.75. The van der Waals surface area contributed by atoms with Crippen molar-refractivity contribution in [3.63, 3.8) is 0 Å². The van der Waals surface area contributed by atoms with Gasteiger partial charge in [0.15, 0.2) is 0 Å². The fourth-order valence-corrected chi connectivity index (χ4v) is 4.20. The number of halogens is 4. The summed E-state index contributed by atoms with van der Waals surface area (Å²) in [6, 6.07) is 12.6. The Hall–Kier alpha value is -3.11. The van der Waals surface area contributed by atoms with E-state index in [1.165, 1.54) is 18.2 Å². The predicted molar refractivity (Wildman–Crippen MR) is 114 cm³/mol. The van der Waals surface area contributed by atoms with Crippen LogP contribution in [0.2, 0.25) is 5.02 Å². The van der Waals surface area contributed by atoms with Crippen LogP contribution in [0, 0.1) is 0 Å². The minimum absolute atomic E-state index is 0.0178.